The Hall–Kier alpha value is -2.06. The zero-order valence-electron chi connectivity index (χ0n) is 16.7. The number of nitrogens with zero attached hydrogens (tertiary/aromatic N) is 3. The second kappa shape index (κ2) is 9.39. The van der Waals surface area contributed by atoms with Crippen LogP contribution in [-0.2, 0) is 4.74 Å². The fraction of sp³-hybridized carbons (Fsp3) is 0.364. The quantitative estimate of drug-likeness (QED) is 0.546. The number of ether oxygens (including phenoxy) is 1. The van der Waals surface area contributed by atoms with Crippen LogP contribution < -0.4 is 4.90 Å². The Morgan fingerprint density at radius 3 is 2.83 bits per heavy atom. The molecule has 30 heavy (non-hydrogen) atoms. The van der Waals surface area contributed by atoms with Gasteiger partial charge in [0.1, 0.15) is 5.82 Å². The zero-order chi connectivity index (χ0) is 21.1. The molecule has 158 valence electrons. The fourth-order valence-corrected chi connectivity index (χ4v) is 4.89. The zero-order valence-corrected chi connectivity index (χ0v) is 18.3. The lowest BCUT2D eigenvalue weighted by atomic mass is 10.2. The molecule has 0 aliphatic carbocycles. The second-order valence-corrected chi connectivity index (χ2v) is 8.70. The largest absolute Gasteiger partial charge is 0.379 e. The van der Waals surface area contributed by atoms with Crippen LogP contribution in [0.1, 0.15) is 22.3 Å². The first kappa shape index (κ1) is 21.2. The molecule has 1 fully saturated rings. The minimum absolute atomic E-state index is 0.260. The van der Waals surface area contributed by atoms with Crippen LogP contribution in [0.3, 0.4) is 0 Å². The van der Waals surface area contributed by atoms with E-state index in [1.54, 1.807) is 17.0 Å². The topological polar surface area (TPSA) is 45.7 Å². The van der Waals surface area contributed by atoms with Crippen molar-refractivity contribution < 1.29 is 13.9 Å². The van der Waals surface area contributed by atoms with Gasteiger partial charge in [-0.15, -0.1) is 0 Å². The fourth-order valence-electron chi connectivity index (χ4n) is 3.54. The Kier molecular flexibility index (Phi) is 6.63. The lowest BCUT2D eigenvalue weighted by Crippen LogP contribution is -2.39. The average molecular weight is 448 g/mol. The number of fused-ring (bicyclic) bond motifs is 1. The smallest absolute Gasteiger partial charge is 0.260 e. The number of carbonyl (C=O) groups excluding carboxylic acids is 1. The molecule has 5 nitrogen and oxygen atoms in total. The summed E-state index contributed by atoms with van der Waals surface area (Å²) in [6.07, 6.45) is 0.781. The van der Waals surface area contributed by atoms with Gasteiger partial charge in [0.15, 0.2) is 5.13 Å². The minimum Gasteiger partial charge on any atom is -0.379 e. The molecule has 0 N–H and O–H groups in total. The summed E-state index contributed by atoms with van der Waals surface area (Å²) >= 11 is 7.76. The van der Waals surface area contributed by atoms with Gasteiger partial charge in [0.2, 0.25) is 0 Å². The van der Waals surface area contributed by atoms with Crippen LogP contribution >= 0.6 is 22.9 Å². The molecule has 1 aliphatic rings. The molecular formula is C22H23ClFN3O2S. The van der Waals surface area contributed by atoms with Gasteiger partial charge in [0.05, 0.1) is 28.5 Å². The number of aryl methyl sites for hydroxylation is 1. The Balaban J connectivity index is 1.61. The number of morpholine rings is 1. The van der Waals surface area contributed by atoms with Crippen LogP contribution in [0.4, 0.5) is 9.52 Å². The lowest BCUT2D eigenvalue weighted by molar-refractivity contribution is 0.0376. The van der Waals surface area contributed by atoms with Gasteiger partial charge in [-0.05, 0) is 43.2 Å². The van der Waals surface area contributed by atoms with Crippen molar-refractivity contribution in [3.8, 4) is 0 Å². The molecule has 1 aromatic heterocycles. The number of aromatic nitrogens is 1. The predicted octanol–water partition coefficient (Wildman–Crippen LogP) is 4.77. The summed E-state index contributed by atoms with van der Waals surface area (Å²) < 4.78 is 20.0. The van der Waals surface area contributed by atoms with Gasteiger partial charge in [0.25, 0.3) is 5.91 Å². The van der Waals surface area contributed by atoms with Crippen LogP contribution in [-0.4, -0.2) is 55.2 Å². The second-order valence-electron chi connectivity index (χ2n) is 7.31. The van der Waals surface area contributed by atoms with Gasteiger partial charge in [-0.2, -0.15) is 0 Å². The number of halogens is 2. The number of hydrogen-bond donors (Lipinski definition) is 0. The summed E-state index contributed by atoms with van der Waals surface area (Å²) in [5.74, 6) is -0.693. The maximum Gasteiger partial charge on any atom is 0.260 e. The van der Waals surface area contributed by atoms with Gasteiger partial charge in [-0.1, -0.05) is 35.1 Å². The Morgan fingerprint density at radius 2 is 2.10 bits per heavy atom. The maximum atomic E-state index is 13.7. The molecule has 0 saturated carbocycles. The van der Waals surface area contributed by atoms with Crippen molar-refractivity contribution in [3.05, 3.63) is 58.4 Å². The molecule has 0 atom stereocenters. The van der Waals surface area contributed by atoms with Crippen LogP contribution in [0.2, 0.25) is 5.02 Å². The number of hydrogen-bond acceptors (Lipinski definition) is 5. The standard InChI is InChI=1S/C22H23ClFN3O2S/c1-15-6-7-18(23)20-19(15)25-22(30-20)27(9-3-8-26-10-12-29-13-11-26)21(28)16-4-2-5-17(24)14-16/h2,4-7,14H,3,8-13H2,1H3. The van der Waals surface area contributed by atoms with Crippen LogP contribution in [0.5, 0.6) is 0 Å². The van der Waals surface area contributed by atoms with E-state index in [4.69, 9.17) is 21.3 Å². The number of amides is 1. The highest BCUT2D eigenvalue weighted by Crippen LogP contribution is 2.36. The van der Waals surface area contributed by atoms with Gasteiger partial charge in [-0.3, -0.25) is 14.6 Å². The molecule has 4 rings (SSSR count). The van der Waals surface area contributed by atoms with Crippen molar-refractivity contribution in [1.82, 2.24) is 9.88 Å². The maximum absolute atomic E-state index is 13.7. The van der Waals surface area contributed by atoms with E-state index < -0.39 is 5.82 Å². The third-order valence-corrected chi connectivity index (χ3v) is 6.73. The number of anilines is 1. The van der Waals surface area contributed by atoms with E-state index in [1.165, 1.54) is 23.5 Å². The van der Waals surface area contributed by atoms with Gasteiger partial charge in [-0.25, -0.2) is 9.37 Å². The molecule has 0 unspecified atom stereocenters. The molecule has 2 aromatic carbocycles. The summed E-state index contributed by atoms with van der Waals surface area (Å²) in [6.45, 7) is 6.59. The molecule has 0 bridgehead atoms. The lowest BCUT2D eigenvalue weighted by Gasteiger charge is -2.27. The molecule has 1 aliphatic heterocycles. The first-order valence-electron chi connectivity index (χ1n) is 9.96. The third kappa shape index (κ3) is 4.64. The molecule has 1 amide bonds. The normalized spacial score (nSPS) is 14.9. The summed E-state index contributed by atoms with van der Waals surface area (Å²) in [6, 6.07) is 9.55. The van der Waals surface area contributed by atoms with Crippen molar-refractivity contribution in [2.45, 2.75) is 13.3 Å². The van der Waals surface area contributed by atoms with E-state index in [0.29, 0.717) is 22.3 Å². The number of thiazole rings is 1. The van der Waals surface area contributed by atoms with E-state index in [0.717, 1.165) is 55.0 Å². The third-order valence-electron chi connectivity index (χ3n) is 5.19. The number of carbonyl (C=O) groups is 1. The minimum atomic E-state index is -0.433. The van der Waals surface area contributed by atoms with Crippen molar-refractivity contribution >= 4 is 44.2 Å². The van der Waals surface area contributed by atoms with E-state index >= 15 is 0 Å². The van der Waals surface area contributed by atoms with E-state index in [1.807, 2.05) is 19.1 Å². The van der Waals surface area contributed by atoms with Crippen molar-refractivity contribution in [2.24, 2.45) is 0 Å². The van der Waals surface area contributed by atoms with Gasteiger partial charge >= 0.3 is 0 Å². The summed E-state index contributed by atoms with van der Waals surface area (Å²) in [7, 11) is 0. The molecule has 0 spiro atoms. The summed E-state index contributed by atoms with van der Waals surface area (Å²) in [4.78, 5) is 22.0. The summed E-state index contributed by atoms with van der Waals surface area (Å²) in [5, 5.41) is 1.20. The monoisotopic (exact) mass is 447 g/mol. The van der Waals surface area contributed by atoms with Gasteiger partial charge in [0, 0.05) is 31.7 Å². The van der Waals surface area contributed by atoms with Crippen molar-refractivity contribution in [1.29, 1.82) is 0 Å². The Morgan fingerprint density at radius 1 is 1.30 bits per heavy atom. The average Bonchev–Trinajstić information content (AvgIpc) is 3.21. The molecule has 3 aromatic rings. The van der Waals surface area contributed by atoms with Gasteiger partial charge < -0.3 is 4.74 Å². The molecule has 1 saturated heterocycles. The molecule has 2 heterocycles. The summed E-state index contributed by atoms with van der Waals surface area (Å²) in [5.41, 5.74) is 2.11. The highest BCUT2D eigenvalue weighted by atomic mass is 35.5. The predicted molar refractivity (Wildman–Crippen MR) is 119 cm³/mol. The first-order chi connectivity index (χ1) is 14.5. The SMILES string of the molecule is Cc1ccc(Cl)c2sc(N(CCCN3CCOCC3)C(=O)c3cccc(F)c3)nc12. The Labute approximate surface area is 184 Å². The van der Waals surface area contributed by atoms with Crippen LogP contribution in [0, 0.1) is 12.7 Å². The van der Waals surface area contributed by atoms with E-state index in [-0.39, 0.29) is 5.91 Å². The molecule has 0 radical (unpaired) electrons. The molecular weight excluding hydrogens is 425 g/mol. The highest BCUT2D eigenvalue weighted by Gasteiger charge is 2.23. The van der Waals surface area contributed by atoms with Crippen molar-refractivity contribution in [2.75, 3.05) is 44.3 Å². The van der Waals surface area contributed by atoms with Crippen LogP contribution in [0.25, 0.3) is 10.2 Å². The van der Waals surface area contributed by atoms with Crippen LogP contribution in [0.15, 0.2) is 36.4 Å². The van der Waals surface area contributed by atoms with E-state index in [2.05, 4.69) is 4.90 Å². The molecule has 8 heteroatoms. The highest BCUT2D eigenvalue weighted by molar-refractivity contribution is 7.23. The number of rotatable bonds is 6. The Bertz CT molecular complexity index is 1010. The first-order valence-corrected chi connectivity index (χ1v) is 11.2. The van der Waals surface area contributed by atoms with E-state index in [9.17, 15) is 9.18 Å². The number of benzene rings is 2. The van der Waals surface area contributed by atoms with Crippen molar-refractivity contribution in [3.63, 3.8) is 0 Å².